The first-order valence-electron chi connectivity index (χ1n) is 3.39. The molecule has 0 unspecified atom stereocenters. The molecule has 0 saturated heterocycles. The fraction of sp³-hybridized carbons (Fsp3) is 0.429. The number of aliphatic hydroxyl groups is 1. The smallest absolute Gasteiger partial charge is 0.129 e. The first kappa shape index (κ1) is 7.94. The highest BCUT2D eigenvalue weighted by Gasteiger charge is 1.97. The average Bonchev–Trinajstić information content (AvgIpc) is 2.03. The lowest BCUT2D eigenvalue weighted by molar-refractivity contribution is 0.276. The van der Waals surface area contributed by atoms with Crippen LogP contribution in [0.5, 0.6) is 0 Å². The van der Waals surface area contributed by atoms with Crippen molar-refractivity contribution >= 4 is 5.82 Å². The van der Waals surface area contributed by atoms with Gasteiger partial charge in [-0.2, -0.15) is 0 Å². The molecule has 0 spiro atoms. The Kier molecular flexibility index (Phi) is 2.38. The van der Waals surface area contributed by atoms with Crippen molar-refractivity contribution < 1.29 is 5.11 Å². The molecule has 1 heterocycles. The van der Waals surface area contributed by atoms with Gasteiger partial charge in [-0.1, -0.05) is 0 Å². The Morgan fingerprint density at radius 2 is 2.27 bits per heavy atom. The van der Waals surface area contributed by atoms with Gasteiger partial charge < -0.3 is 10.4 Å². The van der Waals surface area contributed by atoms with Crippen molar-refractivity contribution in [3.05, 3.63) is 17.6 Å². The molecule has 0 aliphatic carbocycles. The van der Waals surface area contributed by atoms with Crippen LogP contribution in [0.2, 0.25) is 0 Å². The number of rotatable bonds is 2. The van der Waals surface area contributed by atoms with Gasteiger partial charge in [-0.25, -0.2) is 9.97 Å². The van der Waals surface area contributed by atoms with E-state index in [1.165, 1.54) is 0 Å². The van der Waals surface area contributed by atoms with Gasteiger partial charge >= 0.3 is 0 Å². The first-order chi connectivity index (χ1) is 5.26. The molecule has 2 N–H and O–H groups in total. The summed E-state index contributed by atoms with van der Waals surface area (Å²) in [6, 6.07) is 1.72. The Labute approximate surface area is 65.3 Å². The fourth-order valence-corrected chi connectivity index (χ4v) is 0.839. The molecule has 1 aromatic heterocycles. The van der Waals surface area contributed by atoms with Crippen molar-refractivity contribution in [3.63, 3.8) is 0 Å². The molecular formula is C7H11N3O. The second-order valence-electron chi connectivity index (χ2n) is 2.20. The number of aliphatic hydroxyl groups excluding tert-OH is 1. The zero-order valence-corrected chi connectivity index (χ0v) is 6.63. The fourth-order valence-electron chi connectivity index (χ4n) is 0.839. The normalized spacial score (nSPS) is 9.73. The minimum Gasteiger partial charge on any atom is -0.390 e. The van der Waals surface area contributed by atoms with Crippen molar-refractivity contribution in [1.29, 1.82) is 0 Å². The monoisotopic (exact) mass is 153 g/mol. The zero-order chi connectivity index (χ0) is 8.27. The minimum absolute atomic E-state index is 0.0436. The van der Waals surface area contributed by atoms with Crippen LogP contribution in [0.15, 0.2) is 6.07 Å². The van der Waals surface area contributed by atoms with E-state index in [-0.39, 0.29) is 6.61 Å². The Bertz CT molecular complexity index is 227. The van der Waals surface area contributed by atoms with Gasteiger partial charge in [0.25, 0.3) is 0 Å². The number of aromatic nitrogens is 2. The van der Waals surface area contributed by atoms with Gasteiger partial charge in [-0.05, 0) is 6.92 Å². The van der Waals surface area contributed by atoms with Gasteiger partial charge in [0.2, 0.25) is 0 Å². The van der Waals surface area contributed by atoms with E-state index >= 15 is 0 Å². The van der Waals surface area contributed by atoms with Crippen molar-refractivity contribution in [2.75, 3.05) is 12.4 Å². The van der Waals surface area contributed by atoms with Gasteiger partial charge in [0.15, 0.2) is 0 Å². The van der Waals surface area contributed by atoms with Crippen molar-refractivity contribution in [2.24, 2.45) is 0 Å². The van der Waals surface area contributed by atoms with Crippen LogP contribution < -0.4 is 5.32 Å². The summed E-state index contributed by atoms with van der Waals surface area (Å²) >= 11 is 0. The van der Waals surface area contributed by atoms with Crippen LogP contribution in [-0.4, -0.2) is 22.1 Å². The number of hydrogen-bond acceptors (Lipinski definition) is 4. The van der Waals surface area contributed by atoms with Crippen LogP contribution >= 0.6 is 0 Å². The van der Waals surface area contributed by atoms with Gasteiger partial charge in [0.1, 0.15) is 11.6 Å². The lowest BCUT2D eigenvalue weighted by Crippen LogP contribution is -2.00. The van der Waals surface area contributed by atoms with Crippen LogP contribution in [0.25, 0.3) is 0 Å². The maximum absolute atomic E-state index is 8.76. The largest absolute Gasteiger partial charge is 0.390 e. The van der Waals surface area contributed by atoms with E-state index < -0.39 is 0 Å². The van der Waals surface area contributed by atoms with E-state index in [2.05, 4.69) is 15.3 Å². The summed E-state index contributed by atoms with van der Waals surface area (Å²) in [5.41, 5.74) is 0.641. The lowest BCUT2D eigenvalue weighted by Gasteiger charge is -2.01. The maximum Gasteiger partial charge on any atom is 0.129 e. The number of aryl methyl sites for hydroxylation is 1. The predicted molar refractivity (Wildman–Crippen MR) is 42.2 cm³/mol. The third-order valence-electron chi connectivity index (χ3n) is 1.31. The summed E-state index contributed by atoms with van der Waals surface area (Å²) in [6.45, 7) is 1.75. The third-order valence-corrected chi connectivity index (χ3v) is 1.31. The summed E-state index contributed by atoms with van der Waals surface area (Å²) in [5, 5.41) is 11.6. The first-order valence-corrected chi connectivity index (χ1v) is 3.39. The molecule has 0 aliphatic rings. The molecule has 0 aliphatic heterocycles. The summed E-state index contributed by atoms with van der Waals surface area (Å²) in [5.74, 6) is 1.41. The predicted octanol–water partition coefficient (Wildman–Crippen LogP) is 0.319. The quantitative estimate of drug-likeness (QED) is 0.642. The average molecular weight is 153 g/mol. The summed E-state index contributed by atoms with van der Waals surface area (Å²) in [4.78, 5) is 8.07. The SMILES string of the molecule is CNc1cc(CO)nc(C)n1. The summed E-state index contributed by atoms with van der Waals surface area (Å²) in [6.07, 6.45) is 0. The van der Waals surface area contributed by atoms with E-state index in [1.807, 2.05) is 0 Å². The highest BCUT2D eigenvalue weighted by molar-refractivity contribution is 5.34. The third kappa shape index (κ3) is 1.88. The van der Waals surface area contributed by atoms with Crippen molar-refractivity contribution in [3.8, 4) is 0 Å². The molecule has 11 heavy (non-hydrogen) atoms. The molecule has 0 bridgehead atoms. The van der Waals surface area contributed by atoms with Gasteiger partial charge in [-0.3, -0.25) is 0 Å². The zero-order valence-electron chi connectivity index (χ0n) is 6.63. The summed E-state index contributed by atoms with van der Waals surface area (Å²) < 4.78 is 0. The van der Waals surface area contributed by atoms with E-state index in [9.17, 15) is 0 Å². The van der Waals surface area contributed by atoms with Crippen molar-refractivity contribution in [2.45, 2.75) is 13.5 Å². The summed E-state index contributed by atoms with van der Waals surface area (Å²) in [7, 11) is 1.78. The van der Waals surface area contributed by atoms with Gasteiger partial charge in [0, 0.05) is 13.1 Å². The molecule has 1 aromatic rings. The van der Waals surface area contributed by atoms with Crippen LogP contribution in [0.1, 0.15) is 11.5 Å². The van der Waals surface area contributed by atoms with E-state index in [4.69, 9.17) is 5.11 Å². The van der Waals surface area contributed by atoms with E-state index in [0.717, 1.165) is 5.82 Å². The molecule has 4 heteroatoms. The van der Waals surface area contributed by atoms with Crippen LogP contribution in [-0.2, 0) is 6.61 Å². The second-order valence-corrected chi connectivity index (χ2v) is 2.20. The van der Waals surface area contributed by atoms with Crippen LogP contribution in [0, 0.1) is 6.92 Å². The standard InChI is InChI=1S/C7H11N3O/c1-5-9-6(4-11)3-7(8-2)10-5/h3,11H,4H2,1-2H3,(H,8,9,10). The number of hydrogen-bond donors (Lipinski definition) is 2. The van der Waals surface area contributed by atoms with Crippen LogP contribution in [0.4, 0.5) is 5.82 Å². The molecule has 0 saturated carbocycles. The van der Waals surface area contributed by atoms with E-state index in [1.54, 1.807) is 20.0 Å². The Balaban J connectivity index is 3.02. The molecule has 0 atom stereocenters. The molecule has 4 nitrogen and oxygen atoms in total. The maximum atomic E-state index is 8.76. The molecular weight excluding hydrogens is 142 g/mol. The molecule has 1 rings (SSSR count). The molecule has 0 aromatic carbocycles. The molecule has 0 amide bonds. The highest BCUT2D eigenvalue weighted by atomic mass is 16.3. The second kappa shape index (κ2) is 3.30. The number of anilines is 1. The van der Waals surface area contributed by atoms with Gasteiger partial charge in [-0.15, -0.1) is 0 Å². The lowest BCUT2D eigenvalue weighted by atomic mass is 10.4. The number of nitrogens with one attached hydrogen (secondary N) is 1. The Morgan fingerprint density at radius 3 is 2.82 bits per heavy atom. The van der Waals surface area contributed by atoms with Gasteiger partial charge in [0.05, 0.1) is 12.3 Å². The molecule has 0 fully saturated rings. The Hall–Kier alpha value is -1.16. The van der Waals surface area contributed by atoms with E-state index in [0.29, 0.717) is 11.5 Å². The van der Waals surface area contributed by atoms with Crippen LogP contribution in [0.3, 0.4) is 0 Å². The topological polar surface area (TPSA) is 58.0 Å². The minimum atomic E-state index is -0.0436. The highest BCUT2D eigenvalue weighted by Crippen LogP contribution is 2.04. The Morgan fingerprint density at radius 1 is 1.55 bits per heavy atom. The van der Waals surface area contributed by atoms with Crippen molar-refractivity contribution in [1.82, 2.24) is 9.97 Å². The number of nitrogens with zero attached hydrogens (tertiary/aromatic N) is 2. The molecule has 60 valence electrons. The molecule has 0 radical (unpaired) electrons.